The summed E-state index contributed by atoms with van der Waals surface area (Å²) in [6.45, 7) is 5.65. The van der Waals surface area contributed by atoms with Crippen molar-refractivity contribution in [1.29, 1.82) is 0 Å². The van der Waals surface area contributed by atoms with Crippen molar-refractivity contribution in [2.24, 2.45) is 4.99 Å². The molecule has 2 aromatic heterocycles. The number of aromatic nitrogens is 4. The van der Waals surface area contributed by atoms with Crippen LogP contribution in [-0.4, -0.2) is 62.8 Å². The van der Waals surface area contributed by atoms with Gasteiger partial charge in [0.05, 0.1) is 19.5 Å². The van der Waals surface area contributed by atoms with Crippen molar-refractivity contribution in [2.45, 2.75) is 74.7 Å². The number of anilines is 1. The van der Waals surface area contributed by atoms with Gasteiger partial charge in [-0.05, 0) is 26.5 Å². The van der Waals surface area contributed by atoms with Crippen molar-refractivity contribution in [3.8, 4) is 5.88 Å². The van der Waals surface area contributed by atoms with E-state index in [0.29, 0.717) is 17.6 Å². The molecule has 0 radical (unpaired) electrons. The van der Waals surface area contributed by atoms with Crippen LogP contribution >= 0.6 is 7.82 Å². The Bertz CT molecular complexity index is 1150. The number of phosphoric acid groups is 1. The van der Waals surface area contributed by atoms with Crippen molar-refractivity contribution in [3.05, 3.63) is 6.33 Å². The number of aliphatic imine (C=N–C) groups is 1. The van der Waals surface area contributed by atoms with Gasteiger partial charge in [0.15, 0.2) is 17.4 Å². The fourth-order valence-corrected chi connectivity index (χ4v) is 7.16. The van der Waals surface area contributed by atoms with Crippen molar-refractivity contribution in [3.63, 3.8) is 0 Å². The van der Waals surface area contributed by atoms with Crippen LogP contribution in [-0.2, 0) is 22.9 Å². The maximum Gasteiger partial charge on any atom is 0.475 e. The zero-order chi connectivity index (χ0) is 22.3. The van der Waals surface area contributed by atoms with Gasteiger partial charge >= 0.3 is 7.82 Å². The number of rotatable bonds is 5. The molecule has 2 N–H and O–H groups in total. The summed E-state index contributed by atoms with van der Waals surface area (Å²) < 4.78 is 44.6. The van der Waals surface area contributed by atoms with Crippen molar-refractivity contribution in [1.82, 2.24) is 19.5 Å². The van der Waals surface area contributed by atoms with E-state index in [1.807, 2.05) is 6.92 Å². The van der Waals surface area contributed by atoms with Crippen molar-refractivity contribution in [2.75, 3.05) is 12.8 Å². The average Bonchev–Trinajstić information content (AvgIpc) is 3.09. The highest BCUT2D eigenvalue weighted by Gasteiger charge is 2.80. The van der Waals surface area contributed by atoms with E-state index in [9.17, 15) is 4.57 Å². The molecule has 4 fully saturated rings. The van der Waals surface area contributed by atoms with Crippen LogP contribution in [0.25, 0.3) is 11.2 Å². The smallest absolute Gasteiger partial charge is 0.475 e. The monoisotopic (exact) mass is 464 g/mol. The largest absolute Gasteiger partial charge is 0.479 e. The average molecular weight is 464 g/mol. The topological polar surface area (TPSA) is 145 Å². The molecule has 32 heavy (non-hydrogen) atoms. The number of ether oxygens (including phenoxy) is 2. The first-order chi connectivity index (χ1) is 15.3. The van der Waals surface area contributed by atoms with Crippen LogP contribution in [0.4, 0.5) is 5.95 Å². The zero-order valence-electron chi connectivity index (χ0n) is 17.8. The highest BCUT2D eigenvalue weighted by atomic mass is 31.2. The number of imidazole rings is 1. The van der Waals surface area contributed by atoms with E-state index in [0.717, 1.165) is 25.7 Å². The Hall–Kier alpha value is -2.11. The second kappa shape index (κ2) is 6.71. The van der Waals surface area contributed by atoms with Gasteiger partial charge in [-0.2, -0.15) is 9.97 Å². The summed E-state index contributed by atoms with van der Waals surface area (Å²) in [7, 11) is -2.29. The fourth-order valence-electron chi connectivity index (χ4n) is 5.22. The predicted molar refractivity (Wildman–Crippen MR) is 112 cm³/mol. The van der Waals surface area contributed by atoms with Gasteiger partial charge in [0.2, 0.25) is 11.8 Å². The number of nitrogens with two attached hydrogens (primary N) is 1. The summed E-state index contributed by atoms with van der Waals surface area (Å²) >= 11 is 0. The van der Waals surface area contributed by atoms with Gasteiger partial charge in [0.1, 0.15) is 23.3 Å². The maximum absolute atomic E-state index is 13.4. The molecule has 2 aromatic rings. The molecule has 0 aromatic carbocycles. The molecule has 2 aliphatic heterocycles. The van der Waals surface area contributed by atoms with E-state index in [1.165, 1.54) is 7.11 Å². The van der Waals surface area contributed by atoms with Crippen LogP contribution in [0.3, 0.4) is 0 Å². The first kappa shape index (κ1) is 20.5. The molecule has 1 spiro atoms. The molecule has 172 valence electrons. The van der Waals surface area contributed by atoms with E-state index in [1.54, 1.807) is 10.9 Å². The van der Waals surface area contributed by atoms with E-state index in [2.05, 4.69) is 26.7 Å². The van der Waals surface area contributed by atoms with Crippen LogP contribution in [0.15, 0.2) is 11.3 Å². The van der Waals surface area contributed by atoms with Gasteiger partial charge in [0.25, 0.3) is 0 Å². The molecule has 0 amide bonds. The molecular formula is C19H25N6O6P. The lowest BCUT2D eigenvalue weighted by Crippen LogP contribution is -2.47. The number of fused-ring (bicyclic) bond motifs is 1. The molecule has 3 unspecified atom stereocenters. The summed E-state index contributed by atoms with van der Waals surface area (Å²) in [6, 6.07) is 0. The third kappa shape index (κ3) is 2.73. The van der Waals surface area contributed by atoms with Gasteiger partial charge < -0.3 is 15.2 Å². The summed E-state index contributed by atoms with van der Waals surface area (Å²) in [4.78, 5) is 17.2. The Balaban J connectivity index is 1.39. The summed E-state index contributed by atoms with van der Waals surface area (Å²) in [6.07, 6.45) is 3.93. The van der Waals surface area contributed by atoms with Gasteiger partial charge in [-0.1, -0.05) is 12.8 Å². The lowest BCUT2D eigenvalue weighted by Gasteiger charge is -2.36. The number of nitrogen functional groups attached to an aromatic ring is 1. The van der Waals surface area contributed by atoms with Crippen molar-refractivity contribution >= 4 is 31.7 Å². The molecule has 2 aliphatic carbocycles. The molecule has 2 saturated heterocycles. The number of nitrogens with zero attached hydrogens (tertiary/aromatic N) is 5. The Morgan fingerprint density at radius 2 is 2.12 bits per heavy atom. The number of methoxy groups -OCH3 is 1. The van der Waals surface area contributed by atoms with Crippen LogP contribution in [0, 0.1) is 0 Å². The minimum absolute atomic E-state index is 0.0382. The Morgan fingerprint density at radius 1 is 1.34 bits per heavy atom. The highest BCUT2D eigenvalue weighted by Crippen LogP contribution is 2.72. The minimum Gasteiger partial charge on any atom is -0.479 e. The molecule has 6 rings (SSSR count). The van der Waals surface area contributed by atoms with Gasteiger partial charge in [-0.15, -0.1) is 0 Å². The standard InChI is InChI=1S/C19H25N6O6P/c1-18(21-2)15-19(8-11(19)30-32(26,31-15)29-10-6-4-5-7-10)28-16(18)25-9-22-12-13(25)23-17(20)24-14(12)27-3/h9-11,15-16H,2,4-8H2,1,3H3,(H2,20,23,24)/t11?,15-,16+,18+,19?,32?/m0/s1. The van der Waals surface area contributed by atoms with Crippen LogP contribution in [0.2, 0.25) is 0 Å². The molecule has 4 heterocycles. The lowest BCUT2D eigenvalue weighted by atomic mass is 9.91. The van der Waals surface area contributed by atoms with Crippen LogP contribution < -0.4 is 10.5 Å². The summed E-state index contributed by atoms with van der Waals surface area (Å²) in [5.74, 6) is 0.294. The van der Waals surface area contributed by atoms with Crippen LogP contribution in [0.1, 0.15) is 45.3 Å². The normalized spacial score (nSPS) is 40.9. The third-order valence-corrected chi connectivity index (χ3v) is 8.50. The molecule has 2 saturated carbocycles. The molecule has 6 atom stereocenters. The molecule has 13 heteroatoms. The van der Waals surface area contributed by atoms with Gasteiger partial charge in [0, 0.05) is 6.42 Å². The summed E-state index contributed by atoms with van der Waals surface area (Å²) in [5.41, 5.74) is 4.91. The van der Waals surface area contributed by atoms with Crippen LogP contribution in [0.5, 0.6) is 5.88 Å². The second-order valence-corrected chi connectivity index (χ2v) is 10.5. The first-order valence-electron chi connectivity index (χ1n) is 10.7. The predicted octanol–water partition coefficient (Wildman–Crippen LogP) is 2.40. The number of hydrogen-bond acceptors (Lipinski definition) is 11. The lowest BCUT2D eigenvalue weighted by molar-refractivity contribution is -0.0839. The Labute approximate surface area is 184 Å². The van der Waals surface area contributed by atoms with E-state index in [-0.39, 0.29) is 17.9 Å². The third-order valence-electron chi connectivity index (χ3n) is 6.96. The van der Waals surface area contributed by atoms with E-state index in [4.69, 9.17) is 28.8 Å². The summed E-state index contributed by atoms with van der Waals surface area (Å²) in [5, 5.41) is 0. The van der Waals surface area contributed by atoms with Crippen molar-refractivity contribution < 1.29 is 27.6 Å². The second-order valence-electron chi connectivity index (χ2n) is 8.97. The highest BCUT2D eigenvalue weighted by molar-refractivity contribution is 7.48. The maximum atomic E-state index is 13.4. The number of phosphoric ester groups is 1. The number of hydrogen-bond donors (Lipinski definition) is 1. The minimum atomic E-state index is -3.78. The fraction of sp³-hybridized carbons (Fsp3) is 0.684. The Kier molecular flexibility index (Phi) is 4.29. The molecule has 12 nitrogen and oxygen atoms in total. The molecular weight excluding hydrogens is 439 g/mol. The van der Waals surface area contributed by atoms with Gasteiger partial charge in [-0.25, -0.2) is 9.55 Å². The quantitative estimate of drug-likeness (QED) is 0.517. The van der Waals surface area contributed by atoms with Gasteiger partial charge in [-0.3, -0.25) is 23.1 Å². The van der Waals surface area contributed by atoms with E-state index >= 15 is 0 Å². The van der Waals surface area contributed by atoms with E-state index < -0.39 is 37.4 Å². The zero-order valence-corrected chi connectivity index (χ0v) is 18.7. The molecule has 4 aliphatic rings. The SMILES string of the molecule is C=N[C@]1(C)[C@@H]2OP(=O)(OC3CCCC3)OC3CC32O[C@H]1n1cnc2c(OC)nc(N)nc21. The first-order valence-corrected chi connectivity index (χ1v) is 12.1. The Morgan fingerprint density at radius 3 is 2.84 bits per heavy atom. The molecule has 0 bridgehead atoms.